The van der Waals surface area contributed by atoms with Crippen LogP contribution in [0, 0.1) is 0 Å². The van der Waals surface area contributed by atoms with Crippen LogP contribution in [0.3, 0.4) is 0 Å². The number of methoxy groups -OCH3 is 2. The van der Waals surface area contributed by atoms with Gasteiger partial charge in [0.25, 0.3) is 5.91 Å². The summed E-state index contributed by atoms with van der Waals surface area (Å²) in [6, 6.07) is 11.0. The molecule has 5 nitrogen and oxygen atoms in total. The Morgan fingerprint density at radius 3 is 2.43 bits per heavy atom. The topological polar surface area (TPSA) is 64.8 Å². The number of hydrogen-bond acceptors (Lipinski definition) is 4. The molecule has 0 saturated heterocycles. The Hall–Kier alpha value is -2.69. The number of anilines is 1. The van der Waals surface area contributed by atoms with E-state index in [0.717, 1.165) is 17.7 Å². The number of hydrogen-bond donors (Lipinski definition) is 1. The molecule has 1 amide bonds. The molecule has 120 valence electrons. The van der Waals surface area contributed by atoms with Crippen molar-refractivity contribution in [3.05, 3.63) is 53.1 Å². The molecular formula is C18H20N2O3. The van der Waals surface area contributed by atoms with Gasteiger partial charge in [-0.15, -0.1) is 0 Å². The maximum atomic E-state index is 12.7. The Kier molecular flexibility index (Phi) is 4.10. The lowest BCUT2D eigenvalue weighted by atomic mass is 9.98. The standard InChI is InChI=1S/C18H20N2O3/c1-22-16-9-12-6-7-20(11-14(12)10-17(16)23-2)18(21)13-4-3-5-15(19)8-13/h3-5,8-10H,6-7,11,19H2,1-2H3. The quantitative estimate of drug-likeness (QED) is 0.884. The van der Waals surface area contributed by atoms with Crippen LogP contribution in [-0.2, 0) is 13.0 Å². The van der Waals surface area contributed by atoms with Crippen LogP contribution >= 0.6 is 0 Å². The molecule has 5 heteroatoms. The minimum Gasteiger partial charge on any atom is -0.493 e. The van der Waals surface area contributed by atoms with Gasteiger partial charge in [0.1, 0.15) is 0 Å². The number of fused-ring (bicyclic) bond motifs is 1. The fourth-order valence-electron chi connectivity index (χ4n) is 2.91. The van der Waals surface area contributed by atoms with Crippen LogP contribution < -0.4 is 15.2 Å². The maximum absolute atomic E-state index is 12.7. The minimum absolute atomic E-state index is 0.00210. The van der Waals surface area contributed by atoms with E-state index in [1.54, 1.807) is 38.5 Å². The first-order valence-corrected chi connectivity index (χ1v) is 7.51. The molecule has 0 saturated carbocycles. The molecule has 1 aliphatic rings. The third kappa shape index (κ3) is 2.95. The number of ether oxygens (including phenoxy) is 2. The van der Waals surface area contributed by atoms with E-state index in [-0.39, 0.29) is 5.91 Å². The van der Waals surface area contributed by atoms with E-state index in [0.29, 0.717) is 30.1 Å². The molecule has 0 unspecified atom stereocenters. The smallest absolute Gasteiger partial charge is 0.254 e. The first-order valence-electron chi connectivity index (χ1n) is 7.51. The molecule has 2 aromatic rings. The van der Waals surface area contributed by atoms with Gasteiger partial charge < -0.3 is 20.1 Å². The van der Waals surface area contributed by atoms with E-state index in [4.69, 9.17) is 15.2 Å². The normalized spacial score (nSPS) is 13.4. The fraction of sp³-hybridized carbons (Fsp3) is 0.278. The third-order valence-electron chi connectivity index (χ3n) is 4.14. The van der Waals surface area contributed by atoms with Crippen LogP contribution in [-0.4, -0.2) is 31.6 Å². The van der Waals surface area contributed by atoms with E-state index < -0.39 is 0 Å². The lowest BCUT2D eigenvalue weighted by Gasteiger charge is -2.29. The molecule has 3 rings (SSSR count). The van der Waals surface area contributed by atoms with E-state index in [9.17, 15) is 4.79 Å². The van der Waals surface area contributed by atoms with Crippen molar-refractivity contribution in [3.8, 4) is 11.5 Å². The van der Waals surface area contributed by atoms with Gasteiger partial charge in [0.05, 0.1) is 14.2 Å². The van der Waals surface area contributed by atoms with E-state index in [1.165, 1.54) is 5.56 Å². The van der Waals surface area contributed by atoms with Crippen molar-refractivity contribution in [2.45, 2.75) is 13.0 Å². The molecule has 1 heterocycles. The summed E-state index contributed by atoms with van der Waals surface area (Å²) in [6.45, 7) is 1.24. The van der Waals surface area contributed by atoms with Crippen LogP contribution in [0.4, 0.5) is 5.69 Å². The molecule has 0 spiro atoms. The van der Waals surface area contributed by atoms with Gasteiger partial charge >= 0.3 is 0 Å². The van der Waals surface area contributed by atoms with Crippen molar-refractivity contribution >= 4 is 11.6 Å². The first-order chi connectivity index (χ1) is 11.1. The van der Waals surface area contributed by atoms with Crippen molar-refractivity contribution in [3.63, 3.8) is 0 Å². The van der Waals surface area contributed by atoms with Crippen molar-refractivity contribution in [2.75, 3.05) is 26.5 Å². The molecule has 0 aliphatic carbocycles. The highest BCUT2D eigenvalue weighted by Crippen LogP contribution is 2.33. The van der Waals surface area contributed by atoms with Crippen LogP contribution in [0.15, 0.2) is 36.4 Å². The number of nitrogens with zero attached hydrogens (tertiary/aromatic N) is 1. The fourth-order valence-corrected chi connectivity index (χ4v) is 2.91. The summed E-state index contributed by atoms with van der Waals surface area (Å²) in [6.07, 6.45) is 0.795. The number of amides is 1. The van der Waals surface area contributed by atoms with Crippen molar-refractivity contribution in [2.24, 2.45) is 0 Å². The van der Waals surface area contributed by atoms with Gasteiger partial charge in [-0.2, -0.15) is 0 Å². The highest BCUT2D eigenvalue weighted by atomic mass is 16.5. The second-order valence-corrected chi connectivity index (χ2v) is 5.58. The minimum atomic E-state index is -0.00210. The third-order valence-corrected chi connectivity index (χ3v) is 4.14. The Morgan fingerprint density at radius 1 is 1.09 bits per heavy atom. The zero-order valence-corrected chi connectivity index (χ0v) is 13.3. The average molecular weight is 312 g/mol. The van der Waals surface area contributed by atoms with Gasteiger partial charge in [-0.3, -0.25) is 4.79 Å². The monoisotopic (exact) mass is 312 g/mol. The number of nitrogens with two attached hydrogens (primary N) is 1. The zero-order valence-electron chi connectivity index (χ0n) is 13.3. The van der Waals surface area contributed by atoms with Crippen LogP contribution in [0.2, 0.25) is 0 Å². The molecule has 0 atom stereocenters. The van der Waals surface area contributed by atoms with Crippen LogP contribution in [0.25, 0.3) is 0 Å². The van der Waals surface area contributed by atoms with Gasteiger partial charge in [-0.1, -0.05) is 6.07 Å². The van der Waals surface area contributed by atoms with Gasteiger partial charge in [-0.25, -0.2) is 0 Å². The first kappa shape index (κ1) is 15.2. The predicted molar refractivity (Wildman–Crippen MR) is 88.8 cm³/mol. The Labute approximate surface area is 135 Å². The van der Waals surface area contributed by atoms with Gasteiger partial charge in [0.15, 0.2) is 11.5 Å². The van der Waals surface area contributed by atoms with E-state index in [1.807, 2.05) is 17.0 Å². The molecule has 2 N–H and O–H groups in total. The number of nitrogen functional groups attached to an aromatic ring is 1. The lowest BCUT2D eigenvalue weighted by molar-refractivity contribution is 0.0734. The van der Waals surface area contributed by atoms with Crippen LogP contribution in [0.1, 0.15) is 21.5 Å². The Morgan fingerprint density at radius 2 is 1.78 bits per heavy atom. The average Bonchev–Trinajstić information content (AvgIpc) is 2.59. The summed E-state index contributed by atoms with van der Waals surface area (Å²) < 4.78 is 10.7. The summed E-state index contributed by atoms with van der Waals surface area (Å²) in [7, 11) is 3.24. The second-order valence-electron chi connectivity index (χ2n) is 5.58. The molecule has 0 fully saturated rings. The maximum Gasteiger partial charge on any atom is 0.254 e. The number of benzene rings is 2. The predicted octanol–water partition coefficient (Wildman–Crippen LogP) is 2.48. The molecule has 2 aromatic carbocycles. The molecule has 1 aliphatic heterocycles. The summed E-state index contributed by atoms with van der Waals surface area (Å²) in [5, 5.41) is 0. The molecule has 23 heavy (non-hydrogen) atoms. The number of carbonyl (C=O) groups excluding carboxylic acids is 1. The number of rotatable bonds is 3. The summed E-state index contributed by atoms with van der Waals surface area (Å²) in [4.78, 5) is 14.5. The van der Waals surface area contributed by atoms with Crippen LogP contribution in [0.5, 0.6) is 11.5 Å². The van der Waals surface area contributed by atoms with E-state index in [2.05, 4.69) is 0 Å². The highest BCUT2D eigenvalue weighted by molar-refractivity contribution is 5.95. The summed E-state index contributed by atoms with van der Waals surface area (Å²) in [5.41, 5.74) is 9.27. The Bertz CT molecular complexity index is 743. The Balaban J connectivity index is 1.86. The van der Waals surface area contributed by atoms with Gasteiger partial charge in [0.2, 0.25) is 0 Å². The van der Waals surface area contributed by atoms with Crippen molar-refractivity contribution in [1.82, 2.24) is 4.90 Å². The van der Waals surface area contributed by atoms with Crippen molar-refractivity contribution < 1.29 is 14.3 Å². The highest BCUT2D eigenvalue weighted by Gasteiger charge is 2.23. The largest absolute Gasteiger partial charge is 0.493 e. The van der Waals surface area contributed by atoms with Crippen molar-refractivity contribution in [1.29, 1.82) is 0 Å². The SMILES string of the molecule is COc1cc2c(cc1OC)CN(C(=O)c1cccc(N)c1)CC2. The second kappa shape index (κ2) is 6.20. The van der Waals surface area contributed by atoms with E-state index >= 15 is 0 Å². The molecule has 0 bridgehead atoms. The molecular weight excluding hydrogens is 292 g/mol. The van der Waals surface area contributed by atoms with Gasteiger partial charge in [0, 0.05) is 24.3 Å². The lowest BCUT2D eigenvalue weighted by Crippen LogP contribution is -2.36. The molecule has 0 aromatic heterocycles. The number of carbonyl (C=O) groups is 1. The molecule has 0 radical (unpaired) electrons. The van der Waals surface area contributed by atoms with Gasteiger partial charge in [-0.05, 0) is 47.9 Å². The zero-order chi connectivity index (χ0) is 16.4. The summed E-state index contributed by atoms with van der Waals surface area (Å²) in [5.74, 6) is 1.41. The summed E-state index contributed by atoms with van der Waals surface area (Å²) >= 11 is 0.